The number of benzene rings is 2. The first-order valence-electron chi connectivity index (χ1n) is 12.9. The van der Waals surface area contributed by atoms with Gasteiger partial charge in [-0.2, -0.15) is 4.73 Å². The first kappa shape index (κ1) is 32.5. The average molecular weight is 618 g/mol. The third-order valence-corrected chi connectivity index (χ3v) is 7.85. The molecule has 3 aromatic rings. The summed E-state index contributed by atoms with van der Waals surface area (Å²) < 4.78 is 29.0. The topological polar surface area (TPSA) is 195 Å². The van der Waals surface area contributed by atoms with Crippen molar-refractivity contribution in [2.75, 3.05) is 6.54 Å². The molecule has 1 aromatic heterocycles. The lowest BCUT2D eigenvalue weighted by molar-refractivity contribution is -0.614. The normalized spacial score (nSPS) is 12.0. The van der Waals surface area contributed by atoms with Crippen LogP contribution in [0.5, 0.6) is 0 Å². The van der Waals surface area contributed by atoms with Crippen LogP contribution in [0.15, 0.2) is 66.9 Å². The largest absolute Gasteiger partial charge is 0.619 e. The second-order valence-corrected chi connectivity index (χ2v) is 11.7. The maximum absolute atomic E-state index is 13.1. The van der Waals surface area contributed by atoms with Crippen LogP contribution in [0.25, 0.3) is 0 Å². The minimum absolute atomic E-state index is 0.0567. The van der Waals surface area contributed by atoms with Crippen LogP contribution < -0.4 is 25.8 Å². The molecule has 0 spiro atoms. The lowest BCUT2D eigenvalue weighted by Gasteiger charge is -2.19. The average Bonchev–Trinajstić information content (AvgIpc) is 2.94. The van der Waals surface area contributed by atoms with Crippen molar-refractivity contribution in [2.24, 2.45) is 5.73 Å². The van der Waals surface area contributed by atoms with E-state index in [-0.39, 0.29) is 32.4 Å². The van der Waals surface area contributed by atoms with Crippen LogP contribution in [-0.4, -0.2) is 43.9 Å². The number of nitrogens with zero attached hydrogens (tertiary/aromatic N) is 1. The summed E-state index contributed by atoms with van der Waals surface area (Å²) in [4.78, 5) is 36.4. The van der Waals surface area contributed by atoms with E-state index >= 15 is 0 Å². The first-order chi connectivity index (χ1) is 20.0. The SMILES string of the molecule is NCc1ccc(Cl)cc1CNC(=O)CNC(=O)C(CCc1cccc[n+]1[O-])NS(=O)(=O)Cc1ccc(CC(=O)O)cc1. The van der Waals surface area contributed by atoms with Crippen molar-refractivity contribution in [3.63, 3.8) is 0 Å². The number of amides is 2. The van der Waals surface area contributed by atoms with Gasteiger partial charge < -0.3 is 26.7 Å². The van der Waals surface area contributed by atoms with E-state index in [1.165, 1.54) is 30.5 Å². The van der Waals surface area contributed by atoms with Gasteiger partial charge >= 0.3 is 5.97 Å². The van der Waals surface area contributed by atoms with E-state index < -0.39 is 46.1 Å². The van der Waals surface area contributed by atoms with Gasteiger partial charge in [-0.3, -0.25) is 14.4 Å². The van der Waals surface area contributed by atoms with Crippen molar-refractivity contribution < 1.29 is 32.6 Å². The fraction of sp³-hybridized carbons (Fsp3) is 0.286. The van der Waals surface area contributed by atoms with Crippen molar-refractivity contribution in [3.05, 3.63) is 105 Å². The number of carbonyl (C=O) groups is 3. The van der Waals surface area contributed by atoms with Gasteiger partial charge in [0.05, 0.1) is 18.7 Å². The van der Waals surface area contributed by atoms with Crippen molar-refractivity contribution in [1.82, 2.24) is 15.4 Å². The molecule has 0 saturated carbocycles. The van der Waals surface area contributed by atoms with Crippen LogP contribution >= 0.6 is 11.6 Å². The Hall–Kier alpha value is -4.04. The summed E-state index contributed by atoms with van der Waals surface area (Å²) in [6, 6.07) is 14.6. The Morgan fingerprint density at radius 1 is 1.00 bits per heavy atom. The Labute approximate surface area is 248 Å². The number of nitrogens with two attached hydrogens (primary N) is 1. The summed E-state index contributed by atoms with van der Waals surface area (Å²) in [5.41, 5.74) is 8.47. The molecule has 224 valence electrons. The number of hydrogen-bond donors (Lipinski definition) is 5. The van der Waals surface area contributed by atoms with Gasteiger partial charge in [-0.05, 0) is 40.8 Å². The highest BCUT2D eigenvalue weighted by Crippen LogP contribution is 2.16. The summed E-state index contributed by atoms with van der Waals surface area (Å²) in [5, 5.41) is 26.6. The summed E-state index contributed by atoms with van der Waals surface area (Å²) in [6.45, 7) is -0.0493. The van der Waals surface area contributed by atoms with Crippen LogP contribution in [0.3, 0.4) is 0 Å². The number of aromatic nitrogens is 1. The van der Waals surface area contributed by atoms with Crippen molar-refractivity contribution in [2.45, 2.75) is 44.1 Å². The molecule has 1 heterocycles. The number of halogens is 1. The molecule has 14 heteroatoms. The maximum Gasteiger partial charge on any atom is 0.307 e. The number of aliphatic carboxylic acids is 1. The molecule has 0 bridgehead atoms. The minimum atomic E-state index is -4.06. The number of aryl methyl sites for hydroxylation is 1. The molecular weight excluding hydrogens is 586 g/mol. The predicted molar refractivity (Wildman–Crippen MR) is 155 cm³/mol. The number of hydrogen-bond acceptors (Lipinski definition) is 7. The van der Waals surface area contributed by atoms with Gasteiger partial charge in [0.2, 0.25) is 21.8 Å². The Balaban J connectivity index is 1.65. The van der Waals surface area contributed by atoms with E-state index in [2.05, 4.69) is 15.4 Å². The molecule has 0 aliphatic heterocycles. The van der Waals surface area contributed by atoms with Gasteiger partial charge in [0.15, 0.2) is 11.9 Å². The van der Waals surface area contributed by atoms with Gasteiger partial charge in [-0.1, -0.05) is 48.0 Å². The quantitative estimate of drug-likeness (QED) is 0.123. The van der Waals surface area contributed by atoms with Gasteiger partial charge in [-0.25, -0.2) is 13.1 Å². The summed E-state index contributed by atoms with van der Waals surface area (Å²) in [5.74, 6) is -2.75. The van der Waals surface area contributed by atoms with Gasteiger partial charge in [-0.15, -0.1) is 0 Å². The van der Waals surface area contributed by atoms with E-state index in [9.17, 15) is 28.0 Å². The van der Waals surface area contributed by atoms with Crippen LogP contribution in [0.4, 0.5) is 0 Å². The Bertz CT molecular complexity index is 1520. The zero-order chi connectivity index (χ0) is 30.7. The van der Waals surface area contributed by atoms with E-state index in [0.717, 1.165) is 11.1 Å². The van der Waals surface area contributed by atoms with E-state index in [0.29, 0.717) is 26.6 Å². The number of nitrogens with one attached hydrogen (secondary N) is 3. The molecule has 12 nitrogen and oxygen atoms in total. The highest BCUT2D eigenvalue weighted by molar-refractivity contribution is 7.88. The van der Waals surface area contributed by atoms with Crippen LogP contribution in [0.2, 0.25) is 5.02 Å². The molecule has 0 radical (unpaired) electrons. The molecule has 0 aliphatic carbocycles. The molecule has 0 saturated heterocycles. The highest BCUT2D eigenvalue weighted by Gasteiger charge is 2.26. The predicted octanol–water partition coefficient (Wildman–Crippen LogP) is 0.913. The zero-order valence-electron chi connectivity index (χ0n) is 22.6. The molecule has 2 aromatic carbocycles. The maximum atomic E-state index is 13.1. The van der Waals surface area contributed by atoms with Crippen LogP contribution in [-0.2, 0) is 56.1 Å². The van der Waals surface area contributed by atoms with Crippen molar-refractivity contribution >= 4 is 39.4 Å². The second-order valence-electron chi connectivity index (χ2n) is 9.48. The first-order valence-corrected chi connectivity index (χ1v) is 15.0. The lowest BCUT2D eigenvalue weighted by atomic mass is 10.1. The van der Waals surface area contributed by atoms with E-state index in [4.69, 9.17) is 22.4 Å². The Morgan fingerprint density at radius 2 is 1.71 bits per heavy atom. The minimum Gasteiger partial charge on any atom is -0.619 e. The standard InChI is InChI=1S/C28H32ClN5O7S/c29-23-9-8-21(15-30)22(14-23)16-31-26(35)17-32-28(38)25(11-10-24-3-1-2-12-34(24)39)33-42(40,41)18-20-6-4-19(5-7-20)13-27(36)37/h1-9,12,14,25,33H,10-11,13,15-18,30H2,(H,31,35)(H,32,38)(H,36,37). The highest BCUT2D eigenvalue weighted by atomic mass is 35.5. The van der Waals surface area contributed by atoms with Crippen molar-refractivity contribution in [3.8, 4) is 0 Å². The monoisotopic (exact) mass is 617 g/mol. The van der Waals surface area contributed by atoms with Gasteiger partial charge in [0.25, 0.3) is 0 Å². The number of carbonyl (C=O) groups excluding carboxylic acids is 2. The lowest BCUT2D eigenvalue weighted by Crippen LogP contribution is -2.49. The summed E-state index contributed by atoms with van der Waals surface area (Å²) in [6.07, 6.45) is 1.12. The van der Waals surface area contributed by atoms with Gasteiger partial charge in [0, 0.05) is 36.7 Å². The summed E-state index contributed by atoms with van der Waals surface area (Å²) in [7, 11) is -4.06. The number of pyridine rings is 1. The molecule has 42 heavy (non-hydrogen) atoms. The van der Waals surface area contributed by atoms with E-state index in [1.807, 2.05) is 0 Å². The third kappa shape index (κ3) is 10.4. The number of sulfonamides is 1. The third-order valence-electron chi connectivity index (χ3n) is 6.25. The number of rotatable bonds is 15. The molecule has 6 N–H and O–H groups in total. The van der Waals surface area contributed by atoms with E-state index in [1.54, 1.807) is 36.4 Å². The van der Waals surface area contributed by atoms with Crippen LogP contribution in [0.1, 0.15) is 34.4 Å². The molecule has 2 amide bonds. The zero-order valence-corrected chi connectivity index (χ0v) is 24.2. The fourth-order valence-electron chi connectivity index (χ4n) is 4.10. The molecular formula is C28H32ClN5O7S. The molecule has 0 fully saturated rings. The molecule has 1 unspecified atom stereocenters. The number of carboxylic acids is 1. The smallest absolute Gasteiger partial charge is 0.307 e. The Kier molecular flexibility index (Phi) is 11.8. The Morgan fingerprint density at radius 3 is 2.38 bits per heavy atom. The fourth-order valence-corrected chi connectivity index (χ4v) is 5.67. The molecule has 3 rings (SSSR count). The number of carboxylic acid groups (broad SMARTS) is 1. The molecule has 1 atom stereocenters. The van der Waals surface area contributed by atoms with Crippen LogP contribution in [0, 0.1) is 5.21 Å². The van der Waals surface area contributed by atoms with Crippen molar-refractivity contribution in [1.29, 1.82) is 0 Å². The molecule has 0 aliphatic rings. The van der Waals surface area contributed by atoms with Gasteiger partial charge in [0.1, 0.15) is 6.04 Å². The summed E-state index contributed by atoms with van der Waals surface area (Å²) >= 11 is 6.03. The second kappa shape index (κ2) is 15.3.